The third-order valence-electron chi connectivity index (χ3n) is 5.66. The fourth-order valence-corrected chi connectivity index (χ4v) is 5.31. The second-order valence-electron chi connectivity index (χ2n) is 6.89. The molecular formula is C19H22OS. The number of allylic oxidation sites excluding steroid dienone is 2. The molecule has 0 N–H and O–H groups in total. The molecule has 1 aromatic carbocycles. The molecule has 1 nitrogen and oxygen atoms in total. The van der Waals surface area contributed by atoms with Crippen LogP contribution < -0.4 is 0 Å². The van der Waals surface area contributed by atoms with Gasteiger partial charge in [-0.15, -0.1) is 0 Å². The molecule has 2 bridgehead atoms. The average Bonchev–Trinajstić information content (AvgIpc) is 2.81. The first-order chi connectivity index (χ1) is 9.95. The molecular weight excluding hydrogens is 276 g/mol. The first-order valence-electron chi connectivity index (χ1n) is 7.60. The van der Waals surface area contributed by atoms with Crippen LogP contribution in [-0.4, -0.2) is 9.96 Å². The lowest BCUT2D eigenvalue weighted by molar-refractivity contribution is 0.178. The lowest BCUT2D eigenvalue weighted by atomic mass is 9.70. The van der Waals surface area contributed by atoms with Crippen molar-refractivity contribution in [2.45, 2.75) is 33.6 Å². The van der Waals surface area contributed by atoms with Gasteiger partial charge in [0, 0.05) is 15.9 Å². The van der Waals surface area contributed by atoms with E-state index in [1.54, 1.807) is 0 Å². The van der Waals surface area contributed by atoms with Gasteiger partial charge < -0.3 is 0 Å². The summed E-state index contributed by atoms with van der Waals surface area (Å²) >= 11 is 0. The van der Waals surface area contributed by atoms with Crippen molar-refractivity contribution >= 4 is 10.8 Å². The first-order valence-corrected chi connectivity index (χ1v) is 8.92. The van der Waals surface area contributed by atoms with Gasteiger partial charge in [0.2, 0.25) is 0 Å². The summed E-state index contributed by atoms with van der Waals surface area (Å²) in [7, 11) is -0.967. The van der Waals surface area contributed by atoms with E-state index in [1.807, 2.05) is 30.3 Å². The van der Waals surface area contributed by atoms with Gasteiger partial charge in [-0.1, -0.05) is 56.9 Å². The van der Waals surface area contributed by atoms with Crippen molar-refractivity contribution in [2.24, 2.45) is 16.7 Å². The van der Waals surface area contributed by atoms with Gasteiger partial charge in [0.25, 0.3) is 0 Å². The van der Waals surface area contributed by atoms with Crippen LogP contribution in [0.1, 0.15) is 39.2 Å². The monoisotopic (exact) mass is 298 g/mol. The number of rotatable bonds is 2. The lowest BCUT2D eigenvalue weighted by Gasteiger charge is -2.36. The van der Waals surface area contributed by atoms with Crippen LogP contribution in [0.3, 0.4) is 0 Å². The Balaban J connectivity index is 1.74. The molecule has 3 atom stereocenters. The van der Waals surface area contributed by atoms with E-state index in [-0.39, 0.29) is 10.8 Å². The summed E-state index contributed by atoms with van der Waals surface area (Å²) in [5.41, 5.74) is 1.32. The largest absolute Gasteiger partial charge is 0.254 e. The average molecular weight is 298 g/mol. The molecule has 1 saturated carbocycles. The zero-order chi connectivity index (χ0) is 15.1. The topological polar surface area (TPSA) is 17.1 Å². The third-order valence-corrected chi connectivity index (χ3v) is 7.14. The maximum Gasteiger partial charge on any atom is 0.0894 e. The maximum absolute atomic E-state index is 12.7. The molecule has 0 aromatic heterocycles. The Hall–Kier alpha value is -1.33. The van der Waals surface area contributed by atoms with Crippen LogP contribution in [-0.2, 0) is 10.8 Å². The summed E-state index contributed by atoms with van der Waals surface area (Å²) in [6, 6.07) is 9.90. The highest BCUT2D eigenvalue weighted by molar-refractivity contribution is 7.89. The summed E-state index contributed by atoms with van der Waals surface area (Å²) in [6.45, 7) is 6.93. The van der Waals surface area contributed by atoms with E-state index in [0.29, 0.717) is 11.7 Å². The van der Waals surface area contributed by atoms with E-state index in [0.717, 1.165) is 16.9 Å². The quantitative estimate of drug-likeness (QED) is 0.750. The van der Waals surface area contributed by atoms with Gasteiger partial charge in [-0.2, -0.15) is 0 Å². The molecule has 0 amide bonds. The Morgan fingerprint density at radius 3 is 2.52 bits per heavy atom. The summed E-state index contributed by atoms with van der Waals surface area (Å²) in [4.78, 5) is 1.14. The van der Waals surface area contributed by atoms with Gasteiger partial charge in [0.15, 0.2) is 0 Å². The van der Waals surface area contributed by atoms with E-state index < -0.39 is 10.8 Å². The molecule has 0 spiro atoms. The smallest absolute Gasteiger partial charge is 0.0894 e. The number of hydrogen-bond donors (Lipinski definition) is 0. The number of hydrogen-bond acceptors (Lipinski definition) is 1. The Labute approximate surface area is 130 Å². The van der Waals surface area contributed by atoms with Crippen molar-refractivity contribution in [3.8, 4) is 11.8 Å². The molecule has 2 aliphatic carbocycles. The number of fused-ring (bicyclic) bond motifs is 2. The third kappa shape index (κ3) is 2.28. The van der Waals surface area contributed by atoms with Gasteiger partial charge in [0.05, 0.1) is 16.6 Å². The standard InChI is InChI=1S/C19H22OS/c1-18(2)16-11-12-19(18,3)17(14-16)21(20)13-7-10-15-8-5-4-6-9-15/h4-6,8-9,14,16H,11-13H2,1-3H3/t16-,19+,21?/m1/s1. The Kier molecular flexibility index (Phi) is 3.58. The summed E-state index contributed by atoms with van der Waals surface area (Å²) in [5, 5.41) is 0. The fraction of sp³-hybridized carbons (Fsp3) is 0.474. The molecule has 21 heavy (non-hydrogen) atoms. The molecule has 2 aliphatic rings. The lowest BCUT2D eigenvalue weighted by Crippen LogP contribution is -2.31. The van der Waals surface area contributed by atoms with Crippen molar-refractivity contribution in [3.63, 3.8) is 0 Å². The van der Waals surface area contributed by atoms with E-state index >= 15 is 0 Å². The Bertz CT molecular complexity index is 660. The first kappa shape index (κ1) is 14.6. The molecule has 1 aromatic rings. The predicted octanol–water partition coefficient (Wildman–Crippen LogP) is 4.13. The molecule has 1 unspecified atom stereocenters. The van der Waals surface area contributed by atoms with E-state index in [2.05, 4.69) is 38.7 Å². The minimum Gasteiger partial charge on any atom is -0.254 e. The highest BCUT2D eigenvalue weighted by atomic mass is 32.2. The Morgan fingerprint density at radius 1 is 1.24 bits per heavy atom. The van der Waals surface area contributed by atoms with Crippen molar-refractivity contribution in [2.75, 3.05) is 5.75 Å². The zero-order valence-corrected chi connectivity index (χ0v) is 13.8. The van der Waals surface area contributed by atoms with Gasteiger partial charge in [0.1, 0.15) is 0 Å². The zero-order valence-electron chi connectivity index (χ0n) is 13.0. The van der Waals surface area contributed by atoms with Crippen LogP contribution >= 0.6 is 0 Å². The molecule has 0 saturated heterocycles. The predicted molar refractivity (Wildman–Crippen MR) is 89.0 cm³/mol. The molecule has 3 rings (SSSR count). The highest BCUT2D eigenvalue weighted by Gasteiger charge is 2.58. The minimum atomic E-state index is -0.967. The van der Waals surface area contributed by atoms with Crippen molar-refractivity contribution in [1.29, 1.82) is 0 Å². The second-order valence-corrected chi connectivity index (χ2v) is 8.31. The summed E-state index contributed by atoms with van der Waals surface area (Å²) in [6.07, 6.45) is 4.68. The van der Waals surface area contributed by atoms with Crippen molar-refractivity contribution in [3.05, 3.63) is 46.9 Å². The fourth-order valence-electron chi connectivity index (χ4n) is 3.77. The van der Waals surface area contributed by atoms with Crippen LogP contribution in [0, 0.1) is 28.6 Å². The van der Waals surface area contributed by atoms with Crippen LogP contribution in [0.5, 0.6) is 0 Å². The molecule has 0 radical (unpaired) electrons. The number of benzene rings is 1. The molecule has 110 valence electrons. The Morgan fingerprint density at radius 2 is 1.95 bits per heavy atom. The van der Waals surface area contributed by atoms with E-state index in [4.69, 9.17) is 0 Å². The van der Waals surface area contributed by atoms with Crippen LogP contribution in [0.25, 0.3) is 0 Å². The minimum absolute atomic E-state index is 0.0942. The maximum atomic E-state index is 12.7. The molecule has 2 heteroatoms. The highest BCUT2D eigenvalue weighted by Crippen LogP contribution is 2.65. The van der Waals surface area contributed by atoms with Crippen molar-refractivity contribution < 1.29 is 4.21 Å². The summed E-state index contributed by atoms with van der Waals surface area (Å²) in [5.74, 6) is 7.23. The van der Waals surface area contributed by atoms with Crippen LogP contribution in [0.15, 0.2) is 41.3 Å². The van der Waals surface area contributed by atoms with E-state index in [9.17, 15) is 4.21 Å². The van der Waals surface area contributed by atoms with Gasteiger partial charge >= 0.3 is 0 Å². The molecule has 0 aliphatic heterocycles. The molecule has 0 heterocycles. The van der Waals surface area contributed by atoms with Gasteiger partial charge in [-0.05, 0) is 36.3 Å². The summed E-state index contributed by atoms with van der Waals surface area (Å²) < 4.78 is 12.7. The second kappa shape index (κ2) is 5.14. The van der Waals surface area contributed by atoms with Crippen molar-refractivity contribution in [1.82, 2.24) is 0 Å². The normalized spacial score (nSPS) is 30.4. The van der Waals surface area contributed by atoms with Gasteiger partial charge in [-0.3, -0.25) is 4.21 Å². The van der Waals surface area contributed by atoms with E-state index in [1.165, 1.54) is 6.42 Å². The SMILES string of the molecule is CC1(C)[C@H]2C=C(S(=O)CC#Cc3ccccc3)[C@]1(C)CC2. The van der Waals surface area contributed by atoms with Crippen LogP contribution in [0.4, 0.5) is 0 Å². The van der Waals surface area contributed by atoms with Gasteiger partial charge in [-0.25, -0.2) is 0 Å². The molecule has 1 fully saturated rings. The van der Waals surface area contributed by atoms with Crippen LogP contribution in [0.2, 0.25) is 0 Å².